The first-order chi connectivity index (χ1) is 17.2. The van der Waals surface area contributed by atoms with Gasteiger partial charge in [0.25, 0.3) is 5.91 Å². The highest BCUT2D eigenvalue weighted by Gasteiger charge is 2.27. The smallest absolute Gasteiger partial charge is 0.270 e. The maximum atomic E-state index is 13.8. The molecule has 2 aromatic carbocycles. The van der Waals surface area contributed by atoms with Crippen LogP contribution in [0.15, 0.2) is 67.3 Å². The van der Waals surface area contributed by atoms with E-state index in [0.29, 0.717) is 13.2 Å². The van der Waals surface area contributed by atoms with Crippen molar-refractivity contribution in [2.75, 3.05) is 39.4 Å². The first-order valence-corrected chi connectivity index (χ1v) is 12.8. The van der Waals surface area contributed by atoms with Crippen molar-refractivity contribution < 1.29 is 14.3 Å². The molecule has 0 aliphatic carbocycles. The SMILES string of the molecule is C=CCOc1cccc2c1cc(C(=O)N1CCN(Cc3ccccc3)CC1)n2CC1CCCCO1. The summed E-state index contributed by atoms with van der Waals surface area (Å²) in [5.41, 5.74) is 3.05. The Morgan fingerprint density at radius 2 is 1.89 bits per heavy atom. The van der Waals surface area contributed by atoms with Crippen LogP contribution in [0.25, 0.3) is 10.9 Å². The van der Waals surface area contributed by atoms with E-state index < -0.39 is 0 Å². The van der Waals surface area contributed by atoms with Gasteiger partial charge in [-0.1, -0.05) is 49.1 Å². The van der Waals surface area contributed by atoms with E-state index in [0.717, 1.165) is 74.5 Å². The van der Waals surface area contributed by atoms with Crippen LogP contribution in [0.1, 0.15) is 35.3 Å². The van der Waals surface area contributed by atoms with Crippen molar-refractivity contribution in [1.29, 1.82) is 0 Å². The van der Waals surface area contributed by atoms with Gasteiger partial charge in [-0.3, -0.25) is 9.69 Å². The topological polar surface area (TPSA) is 46.9 Å². The van der Waals surface area contributed by atoms with Gasteiger partial charge in [-0.25, -0.2) is 0 Å². The third kappa shape index (κ3) is 5.44. The van der Waals surface area contributed by atoms with E-state index in [1.54, 1.807) is 6.08 Å². The van der Waals surface area contributed by atoms with E-state index in [2.05, 4.69) is 46.4 Å². The van der Waals surface area contributed by atoms with Crippen LogP contribution in [0, 0.1) is 0 Å². The lowest BCUT2D eigenvalue weighted by atomic mass is 10.1. The van der Waals surface area contributed by atoms with Crippen molar-refractivity contribution in [1.82, 2.24) is 14.4 Å². The van der Waals surface area contributed by atoms with Crippen molar-refractivity contribution in [2.45, 2.75) is 38.5 Å². The highest BCUT2D eigenvalue weighted by atomic mass is 16.5. The molecule has 0 N–H and O–H groups in total. The Bertz CT molecular complexity index is 1140. The van der Waals surface area contributed by atoms with Gasteiger partial charge in [0.2, 0.25) is 0 Å². The van der Waals surface area contributed by atoms with Crippen LogP contribution in [-0.4, -0.2) is 65.8 Å². The van der Waals surface area contributed by atoms with E-state index >= 15 is 0 Å². The van der Waals surface area contributed by atoms with E-state index in [1.807, 2.05) is 29.2 Å². The van der Waals surface area contributed by atoms with Gasteiger partial charge in [0.1, 0.15) is 18.1 Å². The summed E-state index contributed by atoms with van der Waals surface area (Å²) in [6.07, 6.45) is 5.18. The van der Waals surface area contributed by atoms with Crippen molar-refractivity contribution >= 4 is 16.8 Å². The second-order valence-electron chi connectivity index (χ2n) is 9.47. The monoisotopic (exact) mass is 473 g/mol. The molecule has 2 aliphatic heterocycles. The summed E-state index contributed by atoms with van der Waals surface area (Å²) in [5, 5.41) is 0.969. The average molecular weight is 474 g/mol. The van der Waals surface area contributed by atoms with Crippen LogP contribution in [0.2, 0.25) is 0 Å². The van der Waals surface area contributed by atoms with Crippen LogP contribution in [0.3, 0.4) is 0 Å². The maximum Gasteiger partial charge on any atom is 0.270 e. The van der Waals surface area contributed by atoms with Crippen molar-refractivity contribution in [3.8, 4) is 5.75 Å². The first-order valence-electron chi connectivity index (χ1n) is 12.8. The van der Waals surface area contributed by atoms with Gasteiger partial charge < -0.3 is 18.9 Å². The van der Waals surface area contributed by atoms with E-state index in [4.69, 9.17) is 9.47 Å². The van der Waals surface area contributed by atoms with Crippen molar-refractivity contribution in [3.63, 3.8) is 0 Å². The number of hydrogen-bond donors (Lipinski definition) is 0. The van der Waals surface area contributed by atoms with Gasteiger partial charge in [0, 0.05) is 51.3 Å². The Morgan fingerprint density at radius 3 is 2.63 bits per heavy atom. The fourth-order valence-electron chi connectivity index (χ4n) is 5.17. The van der Waals surface area contributed by atoms with Gasteiger partial charge >= 0.3 is 0 Å². The number of benzene rings is 2. The minimum atomic E-state index is 0.0889. The fraction of sp³-hybridized carbons (Fsp3) is 0.414. The highest BCUT2D eigenvalue weighted by Crippen LogP contribution is 2.31. The Morgan fingerprint density at radius 1 is 1.06 bits per heavy atom. The molecule has 3 aromatic rings. The second kappa shape index (κ2) is 11.1. The molecule has 5 rings (SSSR count). The molecule has 6 nitrogen and oxygen atoms in total. The molecule has 6 heteroatoms. The zero-order valence-corrected chi connectivity index (χ0v) is 20.4. The lowest BCUT2D eigenvalue weighted by Crippen LogP contribution is -2.48. The predicted octanol–water partition coefficient (Wildman–Crippen LogP) is 4.73. The van der Waals surface area contributed by atoms with Gasteiger partial charge in [0.15, 0.2) is 0 Å². The number of carbonyl (C=O) groups excluding carboxylic acids is 1. The van der Waals surface area contributed by atoms with E-state index in [-0.39, 0.29) is 12.0 Å². The van der Waals surface area contributed by atoms with Crippen LogP contribution in [-0.2, 0) is 17.8 Å². The molecular weight excluding hydrogens is 438 g/mol. The first kappa shape index (κ1) is 23.6. The summed E-state index contributed by atoms with van der Waals surface area (Å²) in [4.78, 5) is 18.2. The number of carbonyl (C=O) groups is 1. The Labute approximate surface area is 207 Å². The molecule has 1 unspecified atom stereocenters. The van der Waals surface area contributed by atoms with Crippen LogP contribution >= 0.6 is 0 Å². The molecule has 184 valence electrons. The maximum absolute atomic E-state index is 13.8. The Kier molecular flexibility index (Phi) is 7.50. The lowest BCUT2D eigenvalue weighted by molar-refractivity contribution is 0.00610. The molecule has 0 bridgehead atoms. The third-order valence-electron chi connectivity index (χ3n) is 7.05. The normalized spacial score (nSPS) is 19.1. The predicted molar refractivity (Wildman–Crippen MR) is 139 cm³/mol. The van der Waals surface area contributed by atoms with Crippen LogP contribution < -0.4 is 4.74 Å². The number of rotatable bonds is 8. The zero-order chi connectivity index (χ0) is 24.0. The number of nitrogens with zero attached hydrogens (tertiary/aromatic N) is 3. The number of amides is 1. The van der Waals surface area contributed by atoms with Gasteiger partial charge in [-0.2, -0.15) is 0 Å². The molecule has 35 heavy (non-hydrogen) atoms. The molecule has 0 radical (unpaired) electrons. The molecule has 2 aliphatic rings. The Hall–Kier alpha value is -3.09. The molecule has 3 heterocycles. The lowest BCUT2D eigenvalue weighted by Gasteiger charge is -2.35. The highest BCUT2D eigenvalue weighted by molar-refractivity contribution is 6.00. The number of piperazine rings is 1. The molecule has 1 atom stereocenters. The molecule has 1 amide bonds. The molecule has 0 saturated carbocycles. The summed E-state index contributed by atoms with van der Waals surface area (Å²) < 4.78 is 14.1. The third-order valence-corrected chi connectivity index (χ3v) is 7.05. The number of aromatic nitrogens is 1. The summed E-state index contributed by atoms with van der Waals surface area (Å²) in [5.74, 6) is 0.874. The molecule has 1 aromatic heterocycles. The van der Waals surface area contributed by atoms with Crippen LogP contribution in [0.4, 0.5) is 0 Å². The van der Waals surface area contributed by atoms with Gasteiger partial charge in [-0.05, 0) is 43.0 Å². The summed E-state index contributed by atoms with van der Waals surface area (Å²) >= 11 is 0. The standard InChI is InChI=1S/C29H35N3O3/c1-2-18-35-28-13-8-12-26-25(28)20-27(32(26)22-24-11-6-7-19-34-24)29(33)31-16-14-30(15-17-31)21-23-9-4-3-5-10-23/h2-5,8-10,12-13,20,24H,1,6-7,11,14-19,21-22H2. The number of fused-ring (bicyclic) bond motifs is 1. The van der Waals surface area contributed by atoms with Gasteiger partial charge in [0.05, 0.1) is 11.6 Å². The van der Waals surface area contributed by atoms with E-state index in [9.17, 15) is 4.79 Å². The number of hydrogen-bond acceptors (Lipinski definition) is 4. The quantitative estimate of drug-likeness (QED) is 0.444. The number of ether oxygens (including phenoxy) is 2. The molecule has 2 saturated heterocycles. The Balaban J connectivity index is 1.37. The fourth-order valence-corrected chi connectivity index (χ4v) is 5.17. The zero-order valence-electron chi connectivity index (χ0n) is 20.4. The molecule has 0 spiro atoms. The average Bonchev–Trinajstić information content (AvgIpc) is 3.27. The van der Waals surface area contributed by atoms with Gasteiger partial charge in [-0.15, -0.1) is 0 Å². The minimum Gasteiger partial charge on any atom is -0.489 e. The summed E-state index contributed by atoms with van der Waals surface area (Å²) in [6, 6.07) is 18.6. The van der Waals surface area contributed by atoms with Crippen molar-refractivity contribution in [3.05, 3.63) is 78.5 Å². The molecule has 2 fully saturated rings. The van der Waals surface area contributed by atoms with Crippen LogP contribution in [0.5, 0.6) is 5.75 Å². The van der Waals surface area contributed by atoms with Crippen molar-refractivity contribution in [2.24, 2.45) is 0 Å². The largest absolute Gasteiger partial charge is 0.489 e. The second-order valence-corrected chi connectivity index (χ2v) is 9.47. The summed E-state index contributed by atoms with van der Waals surface area (Å²) in [7, 11) is 0. The minimum absolute atomic E-state index is 0.0889. The molecular formula is C29H35N3O3. The van der Waals surface area contributed by atoms with E-state index in [1.165, 1.54) is 12.0 Å². The summed E-state index contributed by atoms with van der Waals surface area (Å²) in [6.45, 7) is 9.81.